The van der Waals surface area contributed by atoms with E-state index in [1.807, 2.05) is 6.92 Å². The average Bonchev–Trinajstić information content (AvgIpc) is 2.55. The summed E-state index contributed by atoms with van der Waals surface area (Å²) >= 11 is 0. The molecule has 10 nitrogen and oxygen atoms in total. The predicted molar refractivity (Wildman–Crippen MR) is 86.6 cm³/mol. The molecule has 142 valence electrons. The molecular formula is C15H24N2O8. The number of pyridine rings is 1. The first kappa shape index (κ1) is 22.6. The molecule has 1 rings (SSSR count). The molecule has 1 unspecified atom stereocenters. The molecule has 1 aromatic heterocycles. The maximum atomic E-state index is 11.3. The van der Waals surface area contributed by atoms with Gasteiger partial charge in [-0.2, -0.15) is 0 Å². The molecule has 0 saturated carbocycles. The Labute approximate surface area is 145 Å². The molecule has 25 heavy (non-hydrogen) atoms. The predicted octanol–water partition coefficient (Wildman–Crippen LogP) is 0.0303. The number of carbonyl (C=O) groups is 2. The number of ether oxygens (including phenoxy) is 4. The molecule has 4 N–H and O–H groups in total. The lowest BCUT2D eigenvalue weighted by Gasteiger charge is -2.15. The Morgan fingerprint density at radius 3 is 2.48 bits per heavy atom. The van der Waals surface area contributed by atoms with E-state index in [9.17, 15) is 9.59 Å². The third-order valence-electron chi connectivity index (χ3n) is 2.60. The SMILES string of the molecule is COCC(C)OCOc1c(OC)ccnc1C(N)=O.O=C(O)CCO. The smallest absolute Gasteiger partial charge is 0.305 e. The Morgan fingerprint density at radius 2 is 2.04 bits per heavy atom. The van der Waals surface area contributed by atoms with Gasteiger partial charge in [0.2, 0.25) is 0 Å². The summed E-state index contributed by atoms with van der Waals surface area (Å²) in [6.45, 7) is 1.95. The zero-order chi connectivity index (χ0) is 19.2. The van der Waals surface area contributed by atoms with E-state index in [0.717, 1.165) is 0 Å². The highest BCUT2D eigenvalue weighted by atomic mass is 16.7. The van der Waals surface area contributed by atoms with Crippen LogP contribution in [0.1, 0.15) is 23.8 Å². The minimum Gasteiger partial charge on any atom is -0.493 e. The van der Waals surface area contributed by atoms with Gasteiger partial charge in [-0.1, -0.05) is 0 Å². The summed E-state index contributed by atoms with van der Waals surface area (Å²) < 4.78 is 20.7. The van der Waals surface area contributed by atoms with E-state index in [1.54, 1.807) is 13.2 Å². The van der Waals surface area contributed by atoms with Crippen molar-refractivity contribution in [2.24, 2.45) is 5.73 Å². The van der Waals surface area contributed by atoms with Crippen LogP contribution in [0.3, 0.4) is 0 Å². The van der Waals surface area contributed by atoms with Crippen LogP contribution < -0.4 is 15.2 Å². The van der Waals surface area contributed by atoms with E-state index in [0.29, 0.717) is 12.4 Å². The van der Waals surface area contributed by atoms with Crippen molar-refractivity contribution in [1.82, 2.24) is 4.98 Å². The van der Waals surface area contributed by atoms with Crippen molar-refractivity contribution in [3.8, 4) is 11.5 Å². The number of aromatic nitrogens is 1. The summed E-state index contributed by atoms with van der Waals surface area (Å²) in [5, 5.41) is 15.6. The lowest BCUT2D eigenvalue weighted by Crippen LogP contribution is -2.20. The zero-order valence-electron chi connectivity index (χ0n) is 14.4. The van der Waals surface area contributed by atoms with Gasteiger partial charge in [-0.05, 0) is 6.92 Å². The summed E-state index contributed by atoms with van der Waals surface area (Å²) in [5.74, 6) is -1.12. The Morgan fingerprint density at radius 1 is 1.36 bits per heavy atom. The number of hydrogen-bond donors (Lipinski definition) is 3. The number of nitrogens with zero attached hydrogens (tertiary/aromatic N) is 1. The van der Waals surface area contributed by atoms with Gasteiger partial charge in [-0.25, -0.2) is 4.98 Å². The summed E-state index contributed by atoms with van der Waals surface area (Å²) in [6.07, 6.45) is 1.13. The van der Waals surface area contributed by atoms with Gasteiger partial charge < -0.3 is 34.9 Å². The van der Waals surface area contributed by atoms with Crippen molar-refractivity contribution in [2.75, 3.05) is 34.2 Å². The number of methoxy groups -OCH3 is 2. The monoisotopic (exact) mass is 360 g/mol. The van der Waals surface area contributed by atoms with E-state index >= 15 is 0 Å². The highest BCUT2D eigenvalue weighted by Crippen LogP contribution is 2.29. The van der Waals surface area contributed by atoms with Crippen molar-refractivity contribution in [1.29, 1.82) is 0 Å². The van der Waals surface area contributed by atoms with Crippen molar-refractivity contribution >= 4 is 11.9 Å². The molecule has 0 radical (unpaired) electrons. The van der Waals surface area contributed by atoms with Gasteiger partial charge in [0.15, 0.2) is 24.0 Å². The van der Waals surface area contributed by atoms with Crippen LogP contribution in [0.25, 0.3) is 0 Å². The van der Waals surface area contributed by atoms with Gasteiger partial charge >= 0.3 is 5.97 Å². The fourth-order valence-corrected chi connectivity index (χ4v) is 1.49. The van der Waals surface area contributed by atoms with Gasteiger partial charge in [-0.15, -0.1) is 0 Å². The first-order valence-corrected chi connectivity index (χ1v) is 7.26. The van der Waals surface area contributed by atoms with E-state index in [4.69, 9.17) is 34.9 Å². The van der Waals surface area contributed by atoms with Crippen LogP contribution in [0, 0.1) is 0 Å². The van der Waals surface area contributed by atoms with E-state index in [2.05, 4.69) is 4.98 Å². The van der Waals surface area contributed by atoms with Gasteiger partial charge in [0.25, 0.3) is 5.91 Å². The number of primary amides is 1. The van der Waals surface area contributed by atoms with E-state index in [1.165, 1.54) is 13.3 Å². The topological polar surface area (TPSA) is 150 Å². The molecule has 0 fully saturated rings. The number of nitrogens with two attached hydrogens (primary N) is 1. The lowest BCUT2D eigenvalue weighted by molar-refractivity contribution is -0.137. The van der Waals surface area contributed by atoms with Crippen LogP contribution in [0.15, 0.2) is 12.3 Å². The van der Waals surface area contributed by atoms with Crippen molar-refractivity contribution in [3.63, 3.8) is 0 Å². The van der Waals surface area contributed by atoms with E-state index < -0.39 is 11.9 Å². The van der Waals surface area contributed by atoms with Gasteiger partial charge in [0.05, 0.1) is 32.8 Å². The molecule has 0 spiro atoms. The number of amides is 1. The summed E-state index contributed by atoms with van der Waals surface area (Å²) in [4.78, 5) is 24.6. The van der Waals surface area contributed by atoms with Crippen molar-refractivity contribution < 1.29 is 38.7 Å². The molecule has 0 aliphatic heterocycles. The Hall–Kier alpha value is -2.43. The van der Waals surface area contributed by atoms with Crippen molar-refractivity contribution in [2.45, 2.75) is 19.4 Å². The maximum Gasteiger partial charge on any atom is 0.305 e. The second-order valence-electron chi connectivity index (χ2n) is 4.62. The third kappa shape index (κ3) is 9.45. The number of aliphatic hydroxyl groups is 1. The molecule has 1 aromatic rings. The number of hydrogen-bond acceptors (Lipinski definition) is 8. The fourth-order valence-electron chi connectivity index (χ4n) is 1.49. The Kier molecular flexibility index (Phi) is 11.7. The number of carboxylic acid groups (broad SMARTS) is 1. The van der Waals surface area contributed by atoms with Crippen LogP contribution in [0.5, 0.6) is 11.5 Å². The van der Waals surface area contributed by atoms with Gasteiger partial charge in [0, 0.05) is 19.4 Å². The minimum absolute atomic E-state index is 0.00217. The minimum atomic E-state index is -0.961. The maximum absolute atomic E-state index is 11.3. The molecule has 1 heterocycles. The number of carboxylic acids is 1. The van der Waals surface area contributed by atoms with Crippen molar-refractivity contribution in [3.05, 3.63) is 18.0 Å². The number of rotatable bonds is 10. The highest BCUT2D eigenvalue weighted by molar-refractivity contribution is 5.94. The molecular weight excluding hydrogens is 336 g/mol. The number of aliphatic hydroxyl groups excluding tert-OH is 1. The molecule has 0 aliphatic carbocycles. The van der Waals surface area contributed by atoms with Crippen LogP contribution in [0.2, 0.25) is 0 Å². The Bertz CT molecular complexity index is 538. The normalized spacial score (nSPS) is 11.0. The summed E-state index contributed by atoms with van der Waals surface area (Å²) in [5.41, 5.74) is 5.22. The molecule has 1 atom stereocenters. The quantitative estimate of drug-likeness (QED) is 0.491. The molecule has 1 amide bonds. The standard InChI is InChI=1S/C12H18N2O5.C3H6O3/c1-8(6-16-2)18-7-19-11-9(17-3)4-5-14-10(11)12(13)15;4-2-1-3(5)6/h4-5,8H,6-7H2,1-3H3,(H2,13,15);4H,1-2H2,(H,5,6). The largest absolute Gasteiger partial charge is 0.493 e. The highest BCUT2D eigenvalue weighted by Gasteiger charge is 2.17. The second-order valence-corrected chi connectivity index (χ2v) is 4.62. The summed E-state index contributed by atoms with van der Waals surface area (Å²) in [6, 6.07) is 1.57. The van der Waals surface area contributed by atoms with Gasteiger partial charge in [-0.3, -0.25) is 9.59 Å². The first-order valence-electron chi connectivity index (χ1n) is 7.26. The van der Waals surface area contributed by atoms with Crippen LogP contribution in [-0.2, 0) is 14.3 Å². The summed E-state index contributed by atoms with van der Waals surface area (Å²) in [7, 11) is 3.04. The average molecular weight is 360 g/mol. The zero-order valence-corrected chi connectivity index (χ0v) is 14.4. The van der Waals surface area contributed by atoms with Crippen LogP contribution in [0.4, 0.5) is 0 Å². The third-order valence-corrected chi connectivity index (χ3v) is 2.60. The fraction of sp³-hybridized carbons (Fsp3) is 0.533. The van der Waals surface area contributed by atoms with Crippen LogP contribution in [-0.4, -0.2) is 67.4 Å². The first-order chi connectivity index (χ1) is 11.9. The van der Waals surface area contributed by atoms with E-state index in [-0.39, 0.29) is 37.4 Å². The number of carbonyl (C=O) groups excluding carboxylic acids is 1. The van der Waals surface area contributed by atoms with Gasteiger partial charge in [0.1, 0.15) is 0 Å². The molecule has 0 bridgehead atoms. The Balaban J connectivity index is 0.000000823. The molecule has 0 aliphatic rings. The molecule has 0 aromatic carbocycles. The molecule has 10 heteroatoms. The number of aliphatic carboxylic acids is 1. The molecule has 0 saturated heterocycles. The second kappa shape index (κ2) is 12.9. The lowest BCUT2D eigenvalue weighted by atomic mass is 10.3. The van der Waals surface area contributed by atoms with Crippen LogP contribution >= 0.6 is 0 Å².